The van der Waals surface area contributed by atoms with Gasteiger partial charge in [0.05, 0.1) is 0 Å². The number of fused-ring (bicyclic) bond motifs is 3. The van der Waals surface area contributed by atoms with Crippen molar-refractivity contribution in [3.63, 3.8) is 0 Å². The van der Waals surface area contributed by atoms with E-state index >= 15 is 0 Å². The first-order valence-corrected chi connectivity index (χ1v) is 7.90. The van der Waals surface area contributed by atoms with Gasteiger partial charge >= 0.3 is 10.1 Å². The standard InChI is InChI=1S/C17H14O3S.Rb/c1-12(2)20-21(18,19)17-9-5-8-15-14-7-4-3-6-13(14)10-11-16(15)17;/h3-11H,1H2,2H3;. The summed E-state index contributed by atoms with van der Waals surface area (Å²) in [6.45, 7) is 5.01. The second-order valence-electron chi connectivity index (χ2n) is 4.88. The second-order valence-corrected chi connectivity index (χ2v) is 6.39. The molecule has 1 radical (unpaired) electrons. The maximum absolute atomic E-state index is 12.3. The topological polar surface area (TPSA) is 43.4 Å². The Bertz CT molecular complexity index is 962. The molecule has 0 spiro atoms. The molecule has 0 unspecified atom stereocenters. The molecule has 0 saturated carbocycles. The fraction of sp³-hybridized carbons (Fsp3) is 0.0588. The minimum atomic E-state index is -3.85. The van der Waals surface area contributed by atoms with Crippen LogP contribution < -0.4 is 0 Å². The molecule has 0 aliphatic carbocycles. The molecule has 0 N–H and O–H groups in total. The van der Waals surface area contributed by atoms with Gasteiger partial charge in [-0.25, -0.2) is 0 Å². The van der Waals surface area contributed by atoms with E-state index in [1.807, 2.05) is 42.5 Å². The summed E-state index contributed by atoms with van der Waals surface area (Å²) in [5, 5.41) is 3.62. The van der Waals surface area contributed by atoms with Gasteiger partial charge in [-0.15, -0.1) is 0 Å². The van der Waals surface area contributed by atoms with Gasteiger partial charge in [0.15, 0.2) is 0 Å². The van der Waals surface area contributed by atoms with Gasteiger partial charge in [0.2, 0.25) is 0 Å². The Hall–Kier alpha value is -0.525. The maximum atomic E-state index is 12.3. The predicted molar refractivity (Wildman–Crippen MR) is 90.3 cm³/mol. The van der Waals surface area contributed by atoms with Crippen LogP contribution in [0.2, 0.25) is 0 Å². The summed E-state index contributed by atoms with van der Waals surface area (Å²) < 4.78 is 29.5. The van der Waals surface area contributed by atoms with E-state index in [1.54, 1.807) is 12.1 Å². The van der Waals surface area contributed by atoms with Crippen molar-refractivity contribution < 1.29 is 12.6 Å². The molecule has 22 heavy (non-hydrogen) atoms. The Morgan fingerprint density at radius 3 is 2.32 bits per heavy atom. The Balaban J connectivity index is 0.00000176. The van der Waals surface area contributed by atoms with Crippen molar-refractivity contribution in [1.29, 1.82) is 0 Å². The van der Waals surface area contributed by atoms with E-state index < -0.39 is 10.1 Å². The summed E-state index contributed by atoms with van der Waals surface area (Å²) in [7, 11) is -3.85. The summed E-state index contributed by atoms with van der Waals surface area (Å²) in [5.74, 6) is 0.146. The summed E-state index contributed by atoms with van der Waals surface area (Å²) in [5.41, 5.74) is 0. The Morgan fingerprint density at radius 1 is 0.909 bits per heavy atom. The van der Waals surface area contributed by atoms with Crippen molar-refractivity contribution in [3.05, 3.63) is 66.9 Å². The van der Waals surface area contributed by atoms with Crippen LogP contribution in [-0.4, -0.2) is 66.6 Å². The quantitative estimate of drug-likeness (QED) is 0.392. The Morgan fingerprint density at radius 2 is 1.59 bits per heavy atom. The van der Waals surface area contributed by atoms with Crippen LogP contribution in [0.1, 0.15) is 6.92 Å². The van der Waals surface area contributed by atoms with E-state index in [4.69, 9.17) is 4.18 Å². The maximum Gasteiger partial charge on any atom is 0.339 e. The van der Waals surface area contributed by atoms with Crippen LogP contribution in [0.4, 0.5) is 0 Å². The minimum absolute atomic E-state index is 0. The second kappa shape index (κ2) is 6.93. The van der Waals surface area contributed by atoms with E-state index in [0.29, 0.717) is 5.39 Å². The van der Waals surface area contributed by atoms with Crippen molar-refractivity contribution in [2.45, 2.75) is 11.8 Å². The molecule has 3 nitrogen and oxygen atoms in total. The zero-order valence-electron chi connectivity index (χ0n) is 12.5. The number of hydrogen-bond donors (Lipinski definition) is 0. The van der Waals surface area contributed by atoms with Gasteiger partial charge in [0.1, 0.15) is 10.7 Å². The molecule has 3 aromatic rings. The van der Waals surface area contributed by atoms with Crippen LogP contribution in [0.25, 0.3) is 21.5 Å². The van der Waals surface area contributed by atoms with Gasteiger partial charge in [-0.2, -0.15) is 8.42 Å². The number of allylic oxidation sites excluding steroid dienone is 1. The first kappa shape index (κ1) is 17.8. The number of benzene rings is 3. The van der Waals surface area contributed by atoms with Gasteiger partial charge in [-0.05, 0) is 29.1 Å². The third-order valence-electron chi connectivity index (χ3n) is 3.27. The third kappa shape index (κ3) is 3.36. The molecular formula is C17H14O3RbS. The molecule has 0 aromatic heterocycles. The third-order valence-corrected chi connectivity index (χ3v) is 4.67. The molecule has 5 heteroatoms. The van der Waals surface area contributed by atoms with Crippen molar-refractivity contribution in [2.75, 3.05) is 0 Å². The molecule has 3 rings (SSSR count). The van der Waals surface area contributed by atoms with E-state index in [2.05, 4.69) is 6.58 Å². The monoisotopic (exact) mass is 383 g/mol. The average Bonchev–Trinajstić information content (AvgIpc) is 2.45. The van der Waals surface area contributed by atoms with Crippen molar-refractivity contribution in [1.82, 2.24) is 0 Å². The van der Waals surface area contributed by atoms with Crippen LogP contribution >= 0.6 is 0 Å². The molecule has 0 saturated heterocycles. The van der Waals surface area contributed by atoms with Gasteiger partial charge in [-0.1, -0.05) is 55.1 Å². The largest absolute Gasteiger partial charge is 0.384 e. The normalized spacial score (nSPS) is 11.1. The van der Waals surface area contributed by atoms with E-state index in [-0.39, 0.29) is 68.8 Å². The Labute approximate surface area is 178 Å². The fourth-order valence-electron chi connectivity index (χ4n) is 2.46. The minimum Gasteiger partial charge on any atom is -0.384 e. The van der Waals surface area contributed by atoms with Crippen LogP contribution in [0, 0.1) is 0 Å². The van der Waals surface area contributed by atoms with E-state index in [0.717, 1.165) is 16.2 Å². The number of hydrogen-bond acceptors (Lipinski definition) is 3. The van der Waals surface area contributed by atoms with Gasteiger partial charge in [-0.3, -0.25) is 0 Å². The zero-order chi connectivity index (χ0) is 15.0. The molecular weight excluding hydrogens is 370 g/mol. The smallest absolute Gasteiger partial charge is 0.339 e. The zero-order valence-corrected chi connectivity index (χ0v) is 18.3. The molecule has 0 aliphatic rings. The predicted octanol–water partition coefficient (Wildman–Crippen LogP) is 3.85. The SMILES string of the molecule is C=C(C)OS(=O)(=O)c1cccc2c1ccc1ccccc12.[Rb]. The first-order chi connectivity index (χ1) is 9.99. The molecule has 0 atom stereocenters. The van der Waals surface area contributed by atoms with Crippen LogP contribution in [-0.2, 0) is 14.3 Å². The summed E-state index contributed by atoms with van der Waals surface area (Å²) >= 11 is 0. The fourth-order valence-corrected chi connectivity index (χ4v) is 3.62. The molecule has 0 amide bonds. The molecule has 0 bridgehead atoms. The van der Waals surface area contributed by atoms with Crippen LogP contribution in [0.3, 0.4) is 0 Å². The Kier molecular flexibility index (Phi) is 5.61. The molecule has 0 aliphatic heterocycles. The van der Waals surface area contributed by atoms with Gasteiger partial charge in [0.25, 0.3) is 0 Å². The number of rotatable bonds is 3. The summed E-state index contributed by atoms with van der Waals surface area (Å²) in [6, 6.07) is 16.8. The van der Waals surface area contributed by atoms with Crippen molar-refractivity contribution in [2.24, 2.45) is 0 Å². The van der Waals surface area contributed by atoms with E-state index in [9.17, 15) is 8.42 Å². The summed E-state index contributed by atoms with van der Waals surface area (Å²) in [6.07, 6.45) is 0. The summed E-state index contributed by atoms with van der Waals surface area (Å²) in [4.78, 5) is 0.161. The van der Waals surface area contributed by atoms with Crippen molar-refractivity contribution >= 4 is 89.9 Å². The van der Waals surface area contributed by atoms with E-state index in [1.165, 1.54) is 6.92 Å². The van der Waals surface area contributed by atoms with Gasteiger partial charge in [0, 0.05) is 63.6 Å². The first-order valence-electron chi connectivity index (χ1n) is 6.49. The molecule has 0 fully saturated rings. The average molecular weight is 384 g/mol. The molecule has 0 heterocycles. The van der Waals surface area contributed by atoms with Crippen molar-refractivity contribution in [3.8, 4) is 0 Å². The molecule has 3 aromatic carbocycles. The van der Waals surface area contributed by atoms with Crippen LogP contribution in [0.5, 0.6) is 0 Å². The van der Waals surface area contributed by atoms with Crippen LogP contribution in [0.15, 0.2) is 71.8 Å². The van der Waals surface area contributed by atoms with Gasteiger partial charge < -0.3 is 4.18 Å². The molecule has 107 valence electrons.